The molecule has 3 aromatic rings. The molecule has 0 radical (unpaired) electrons. The number of halogens is 3. The first-order valence-corrected chi connectivity index (χ1v) is 11.3. The van der Waals surface area contributed by atoms with Gasteiger partial charge >= 0.3 is 6.18 Å². The Balaban J connectivity index is 1.82. The summed E-state index contributed by atoms with van der Waals surface area (Å²) in [5.41, 5.74) is -1.25. The summed E-state index contributed by atoms with van der Waals surface area (Å²) < 4.78 is 47.3. The average molecular weight is 430 g/mol. The van der Waals surface area contributed by atoms with E-state index in [4.69, 9.17) is 4.74 Å². The molecular formula is C25H24F3OS+. The van der Waals surface area contributed by atoms with Crippen LogP contribution in [0.3, 0.4) is 0 Å². The lowest BCUT2D eigenvalue weighted by Gasteiger charge is -2.27. The monoisotopic (exact) mass is 429 g/mol. The Kier molecular flexibility index (Phi) is 5.83. The van der Waals surface area contributed by atoms with E-state index in [1.807, 2.05) is 67.6 Å². The Morgan fingerprint density at radius 2 is 1.30 bits per heavy atom. The van der Waals surface area contributed by atoms with Gasteiger partial charge in [-0.2, -0.15) is 13.2 Å². The van der Waals surface area contributed by atoms with E-state index < -0.39 is 28.2 Å². The van der Waals surface area contributed by atoms with Gasteiger partial charge in [0.05, 0.1) is 16.5 Å². The molecule has 156 valence electrons. The predicted molar refractivity (Wildman–Crippen MR) is 114 cm³/mol. The number of hydrogen-bond donors (Lipinski definition) is 0. The second-order valence-corrected chi connectivity index (χ2v) is 9.87. The molecule has 0 atom stereocenters. The molecule has 0 amide bonds. The van der Waals surface area contributed by atoms with Gasteiger partial charge in [-0.25, -0.2) is 0 Å². The summed E-state index contributed by atoms with van der Waals surface area (Å²) in [6.45, 7) is 1.92. The summed E-state index contributed by atoms with van der Waals surface area (Å²) in [5, 5.41) is 0. The SMILES string of the molecule is CC1(Oc2cc([S+](c3ccccc3)c3ccccc3)ccc2C(F)(F)F)CCCC1. The standard InChI is InChI=1S/C25H24F3OS/c1-24(16-8-9-17-24)29-23-18-21(14-15-22(23)25(26,27)28)30(19-10-4-2-5-11-19)20-12-6-3-7-13-20/h2-7,10-15,18H,8-9,16-17H2,1H3/q+1. The van der Waals surface area contributed by atoms with Gasteiger partial charge in [0.2, 0.25) is 0 Å². The zero-order valence-electron chi connectivity index (χ0n) is 16.8. The Hall–Kier alpha value is -2.40. The van der Waals surface area contributed by atoms with Gasteiger partial charge in [-0.1, -0.05) is 36.4 Å². The number of ether oxygens (including phenoxy) is 1. The van der Waals surface area contributed by atoms with Crippen molar-refractivity contribution >= 4 is 10.9 Å². The maximum atomic E-state index is 13.7. The highest BCUT2D eigenvalue weighted by atomic mass is 32.2. The maximum absolute atomic E-state index is 13.7. The van der Waals surface area contributed by atoms with Crippen molar-refractivity contribution in [1.29, 1.82) is 0 Å². The molecule has 4 rings (SSSR count). The molecule has 0 saturated heterocycles. The molecule has 0 unspecified atom stereocenters. The van der Waals surface area contributed by atoms with Crippen LogP contribution >= 0.6 is 0 Å². The van der Waals surface area contributed by atoms with Crippen molar-refractivity contribution in [2.24, 2.45) is 0 Å². The minimum atomic E-state index is -4.46. The molecule has 1 aliphatic carbocycles. The molecule has 0 N–H and O–H groups in total. The Bertz CT molecular complexity index is 941. The van der Waals surface area contributed by atoms with Crippen molar-refractivity contribution in [3.63, 3.8) is 0 Å². The van der Waals surface area contributed by atoms with Crippen LogP contribution in [0.15, 0.2) is 93.5 Å². The summed E-state index contributed by atoms with van der Waals surface area (Å²) in [5.74, 6) is -0.0613. The first-order valence-electron chi connectivity index (χ1n) is 10.1. The molecule has 0 spiro atoms. The lowest BCUT2D eigenvalue weighted by atomic mass is 10.1. The van der Waals surface area contributed by atoms with E-state index in [0.29, 0.717) is 0 Å². The number of alkyl halides is 3. The van der Waals surface area contributed by atoms with Crippen molar-refractivity contribution in [1.82, 2.24) is 0 Å². The maximum Gasteiger partial charge on any atom is 0.419 e. The first-order chi connectivity index (χ1) is 14.4. The van der Waals surface area contributed by atoms with Crippen LogP contribution < -0.4 is 4.74 Å². The fraction of sp³-hybridized carbons (Fsp3) is 0.280. The molecule has 30 heavy (non-hydrogen) atoms. The van der Waals surface area contributed by atoms with Crippen LogP contribution in [0, 0.1) is 0 Å². The van der Waals surface area contributed by atoms with Crippen LogP contribution in [0.1, 0.15) is 38.2 Å². The highest BCUT2D eigenvalue weighted by Crippen LogP contribution is 2.43. The van der Waals surface area contributed by atoms with E-state index in [9.17, 15) is 13.2 Å². The van der Waals surface area contributed by atoms with Gasteiger partial charge in [0.1, 0.15) is 11.4 Å². The zero-order valence-corrected chi connectivity index (χ0v) is 17.6. The molecular weight excluding hydrogens is 405 g/mol. The fourth-order valence-electron chi connectivity index (χ4n) is 3.96. The van der Waals surface area contributed by atoms with E-state index in [1.54, 1.807) is 12.1 Å². The number of benzene rings is 3. The molecule has 1 nitrogen and oxygen atoms in total. The topological polar surface area (TPSA) is 9.23 Å². The van der Waals surface area contributed by atoms with Gasteiger partial charge < -0.3 is 4.74 Å². The van der Waals surface area contributed by atoms with Crippen molar-refractivity contribution in [2.45, 2.75) is 59.1 Å². The van der Waals surface area contributed by atoms with Crippen LogP contribution in [0.5, 0.6) is 5.75 Å². The molecule has 1 fully saturated rings. The third-order valence-corrected chi connectivity index (χ3v) is 7.68. The molecule has 0 aliphatic heterocycles. The summed E-state index contributed by atoms with van der Waals surface area (Å²) in [7, 11) is -0.524. The molecule has 1 aliphatic rings. The Morgan fingerprint density at radius 1 is 0.767 bits per heavy atom. The first kappa shape index (κ1) is 20.9. The van der Waals surface area contributed by atoms with Crippen molar-refractivity contribution in [2.75, 3.05) is 0 Å². The van der Waals surface area contributed by atoms with Gasteiger partial charge in [-0.3, -0.25) is 0 Å². The highest BCUT2D eigenvalue weighted by molar-refractivity contribution is 7.97. The van der Waals surface area contributed by atoms with E-state index in [-0.39, 0.29) is 5.75 Å². The van der Waals surface area contributed by atoms with E-state index in [0.717, 1.165) is 40.4 Å². The van der Waals surface area contributed by atoms with Crippen molar-refractivity contribution < 1.29 is 17.9 Å². The van der Waals surface area contributed by atoms with Gasteiger partial charge in [0.25, 0.3) is 0 Å². The van der Waals surface area contributed by atoms with Crippen LogP contribution in [0.2, 0.25) is 0 Å². The van der Waals surface area contributed by atoms with Gasteiger partial charge in [-0.15, -0.1) is 0 Å². The molecule has 0 heterocycles. The quantitative estimate of drug-likeness (QED) is 0.381. The number of hydrogen-bond acceptors (Lipinski definition) is 1. The van der Waals surface area contributed by atoms with E-state index in [2.05, 4.69) is 0 Å². The Morgan fingerprint density at radius 3 is 1.80 bits per heavy atom. The smallest absolute Gasteiger partial charge is 0.419 e. The van der Waals surface area contributed by atoms with Gasteiger partial charge in [-0.05, 0) is 69.0 Å². The largest absolute Gasteiger partial charge is 0.487 e. The van der Waals surface area contributed by atoms with Gasteiger partial charge in [0, 0.05) is 6.07 Å². The predicted octanol–water partition coefficient (Wildman–Crippen LogP) is 7.51. The zero-order chi connectivity index (χ0) is 21.2. The normalized spacial score (nSPS) is 16.0. The Labute approximate surface area is 178 Å². The van der Waals surface area contributed by atoms with Crippen molar-refractivity contribution in [3.05, 3.63) is 84.4 Å². The van der Waals surface area contributed by atoms with Crippen LogP contribution in [0.25, 0.3) is 0 Å². The average Bonchev–Trinajstić information content (AvgIpc) is 3.15. The van der Waals surface area contributed by atoms with Crippen molar-refractivity contribution in [3.8, 4) is 5.75 Å². The lowest BCUT2D eigenvalue weighted by molar-refractivity contribution is -0.139. The number of rotatable bonds is 5. The van der Waals surface area contributed by atoms with E-state index in [1.165, 1.54) is 6.07 Å². The van der Waals surface area contributed by atoms with Crippen LogP contribution in [-0.4, -0.2) is 5.60 Å². The minimum absolute atomic E-state index is 0.0613. The minimum Gasteiger partial charge on any atom is -0.487 e. The second kappa shape index (κ2) is 8.38. The van der Waals surface area contributed by atoms with Gasteiger partial charge in [0.15, 0.2) is 14.7 Å². The molecule has 5 heteroatoms. The summed E-state index contributed by atoms with van der Waals surface area (Å²) in [4.78, 5) is 2.93. The fourth-order valence-corrected chi connectivity index (χ4v) is 6.06. The van der Waals surface area contributed by atoms with E-state index >= 15 is 0 Å². The molecule has 1 saturated carbocycles. The lowest BCUT2D eigenvalue weighted by Crippen LogP contribution is -2.29. The third kappa shape index (κ3) is 4.51. The van der Waals surface area contributed by atoms with Crippen LogP contribution in [0.4, 0.5) is 13.2 Å². The second-order valence-electron chi connectivity index (χ2n) is 7.85. The third-order valence-electron chi connectivity index (χ3n) is 5.47. The summed E-state index contributed by atoms with van der Waals surface area (Å²) >= 11 is 0. The highest BCUT2D eigenvalue weighted by Gasteiger charge is 2.40. The summed E-state index contributed by atoms with van der Waals surface area (Å²) in [6, 6.07) is 24.2. The summed E-state index contributed by atoms with van der Waals surface area (Å²) in [6.07, 6.45) is -0.942. The molecule has 0 aromatic heterocycles. The van der Waals surface area contributed by atoms with Crippen LogP contribution in [-0.2, 0) is 17.1 Å². The molecule has 0 bridgehead atoms. The molecule has 3 aromatic carbocycles.